The zero-order valence-electron chi connectivity index (χ0n) is 16.4. The van der Waals surface area contributed by atoms with E-state index in [2.05, 4.69) is 15.4 Å². The van der Waals surface area contributed by atoms with Crippen molar-refractivity contribution in [1.29, 1.82) is 0 Å². The quantitative estimate of drug-likeness (QED) is 0.715. The van der Waals surface area contributed by atoms with Crippen molar-refractivity contribution < 1.29 is 27.5 Å². The Bertz CT molecular complexity index is 821. The summed E-state index contributed by atoms with van der Waals surface area (Å²) in [6.07, 6.45) is 2.65. The highest BCUT2D eigenvalue weighted by molar-refractivity contribution is 7.89. The van der Waals surface area contributed by atoms with Crippen LogP contribution in [0.3, 0.4) is 0 Å². The Hall–Kier alpha value is -2.17. The lowest BCUT2D eigenvalue weighted by molar-refractivity contribution is -0.126. The van der Waals surface area contributed by atoms with E-state index in [1.807, 2.05) is 0 Å². The van der Waals surface area contributed by atoms with Gasteiger partial charge in [-0.2, -0.15) is 4.31 Å². The third-order valence-corrected chi connectivity index (χ3v) is 7.09. The first-order chi connectivity index (χ1) is 13.9. The first-order valence-electron chi connectivity index (χ1n) is 9.74. The number of nitrogens with one attached hydrogen (secondary N) is 2. The summed E-state index contributed by atoms with van der Waals surface area (Å²) in [4.78, 5) is 23.9. The van der Waals surface area contributed by atoms with Crippen LogP contribution in [0.15, 0.2) is 29.2 Å². The summed E-state index contributed by atoms with van der Waals surface area (Å²) >= 11 is 0. The molecule has 3 rings (SSSR count). The Balaban J connectivity index is 1.60. The van der Waals surface area contributed by atoms with E-state index in [0.717, 1.165) is 19.4 Å². The molecule has 160 valence electrons. The molecule has 0 unspecified atom stereocenters. The first-order valence-corrected chi connectivity index (χ1v) is 11.2. The molecule has 0 spiro atoms. The van der Waals surface area contributed by atoms with Gasteiger partial charge in [0.25, 0.3) is 0 Å². The van der Waals surface area contributed by atoms with Crippen LogP contribution in [-0.4, -0.2) is 64.2 Å². The van der Waals surface area contributed by atoms with E-state index < -0.39 is 16.1 Å². The monoisotopic (exact) mass is 425 g/mol. The molecule has 2 saturated heterocycles. The third kappa shape index (κ3) is 5.46. The van der Waals surface area contributed by atoms with Crippen molar-refractivity contribution in [2.45, 2.75) is 36.7 Å². The van der Waals surface area contributed by atoms with Crippen LogP contribution >= 0.6 is 0 Å². The highest BCUT2D eigenvalue weighted by atomic mass is 32.2. The molecule has 9 nitrogen and oxygen atoms in total. The average Bonchev–Trinajstić information content (AvgIpc) is 3.26. The van der Waals surface area contributed by atoms with E-state index in [1.54, 1.807) is 0 Å². The van der Waals surface area contributed by atoms with Crippen molar-refractivity contribution in [3.05, 3.63) is 24.3 Å². The molecule has 0 aliphatic carbocycles. The van der Waals surface area contributed by atoms with Crippen LogP contribution in [0, 0.1) is 5.92 Å². The number of hydrogen-bond acceptors (Lipinski definition) is 6. The maximum Gasteiger partial charge on any atom is 0.411 e. The molecule has 0 saturated carbocycles. The van der Waals surface area contributed by atoms with Gasteiger partial charge in [0.05, 0.1) is 24.0 Å². The number of carbonyl (C=O) groups is 2. The highest BCUT2D eigenvalue weighted by Crippen LogP contribution is 2.25. The Morgan fingerprint density at radius 3 is 2.62 bits per heavy atom. The van der Waals surface area contributed by atoms with Crippen molar-refractivity contribution >= 4 is 27.7 Å². The SMILES string of the molecule is COC(=O)Nc1ccc(S(=O)(=O)N2CCC[C@H](C(=O)NC[C@@H]3CCCO3)C2)cc1. The standard InChI is InChI=1S/C19H27N3O6S/c1-27-19(24)21-15-6-8-17(9-7-15)29(25,26)22-10-2-4-14(13-22)18(23)20-12-16-5-3-11-28-16/h6-9,14,16H,2-5,10-13H2,1H3,(H,20,23)(H,21,24)/t14-,16-/m0/s1. The Morgan fingerprint density at radius 1 is 1.21 bits per heavy atom. The van der Waals surface area contributed by atoms with Gasteiger partial charge in [0.1, 0.15) is 0 Å². The molecule has 0 radical (unpaired) electrons. The summed E-state index contributed by atoms with van der Waals surface area (Å²) in [5.74, 6) is -0.502. The molecule has 2 heterocycles. The number of rotatable bonds is 6. The zero-order chi connectivity index (χ0) is 20.9. The number of benzene rings is 1. The molecule has 1 aromatic rings. The van der Waals surface area contributed by atoms with E-state index in [4.69, 9.17) is 4.74 Å². The number of anilines is 1. The second-order valence-electron chi connectivity index (χ2n) is 7.22. The topological polar surface area (TPSA) is 114 Å². The second kappa shape index (κ2) is 9.55. The fourth-order valence-electron chi connectivity index (χ4n) is 3.57. The molecule has 10 heteroatoms. The van der Waals surface area contributed by atoms with Crippen molar-refractivity contribution in [2.24, 2.45) is 5.92 Å². The highest BCUT2D eigenvalue weighted by Gasteiger charge is 2.33. The second-order valence-corrected chi connectivity index (χ2v) is 9.16. The van der Waals surface area contributed by atoms with Gasteiger partial charge < -0.3 is 14.8 Å². The summed E-state index contributed by atoms with van der Waals surface area (Å²) in [7, 11) is -2.48. The van der Waals surface area contributed by atoms with Crippen molar-refractivity contribution in [3.8, 4) is 0 Å². The minimum absolute atomic E-state index is 0.0551. The van der Waals surface area contributed by atoms with Crippen LogP contribution in [0.2, 0.25) is 0 Å². The molecule has 2 aliphatic rings. The summed E-state index contributed by atoms with van der Waals surface area (Å²) in [6, 6.07) is 5.86. The molecular weight excluding hydrogens is 398 g/mol. The summed E-state index contributed by atoms with van der Waals surface area (Å²) in [6.45, 7) is 1.72. The maximum absolute atomic E-state index is 13.0. The molecule has 2 amide bonds. The fourth-order valence-corrected chi connectivity index (χ4v) is 5.09. The molecule has 2 atom stereocenters. The molecular formula is C19H27N3O6S. The lowest BCUT2D eigenvalue weighted by Crippen LogP contribution is -2.46. The van der Waals surface area contributed by atoms with Gasteiger partial charge in [-0.15, -0.1) is 0 Å². The van der Waals surface area contributed by atoms with Gasteiger partial charge in [-0.1, -0.05) is 0 Å². The maximum atomic E-state index is 13.0. The smallest absolute Gasteiger partial charge is 0.411 e. The molecule has 2 aliphatic heterocycles. The molecule has 0 aromatic heterocycles. The fraction of sp³-hybridized carbons (Fsp3) is 0.579. The van der Waals surface area contributed by atoms with Gasteiger partial charge in [0.2, 0.25) is 15.9 Å². The number of methoxy groups -OCH3 is 1. The van der Waals surface area contributed by atoms with Crippen LogP contribution in [0.4, 0.5) is 10.5 Å². The minimum Gasteiger partial charge on any atom is -0.453 e. The predicted molar refractivity (Wildman–Crippen MR) is 106 cm³/mol. The van der Waals surface area contributed by atoms with Gasteiger partial charge in [-0.05, 0) is 49.9 Å². The van der Waals surface area contributed by atoms with Crippen LogP contribution in [0.1, 0.15) is 25.7 Å². The van der Waals surface area contributed by atoms with Crippen molar-refractivity contribution in [1.82, 2.24) is 9.62 Å². The van der Waals surface area contributed by atoms with Gasteiger partial charge in [0, 0.05) is 31.9 Å². The number of hydrogen-bond donors (Lipinski definition) is 2. The molecule has 2 fully saturated rings. The van der Waals surface area contributed by atoms with Gasteiger partial charge in [0.15, 0.2) is 0 Å². The number of carbonyl (C=O) groups excluding carboxylic acids is 2. The summed E-state index contributed by atoms with van der Waals surface area (Å²) in [5.41, 5.74) is 0.431. The van der Waals surface area contributed by atoms with E-state index in [1.165, 1.54) is 35.7 Å². The van der Waals surface area contributed by atoms with Gasteiger partial charge >= 0.3 is 6.09 Å². The predicted octanol–water partition coefficient (Wildman–Crippen LogP) is 1.56. The number of amides is 2. The van der Waals surface area contributed by atoms with Crippen molar-refractivity contribution in [2.75, 3.05) is 38.7 Å². The van der Waals surface area contributed by atoms with Crippen molar-refractivity contribution in [3.63, 3.8) is 0 Å². The van der Waals surface area contributed by atoms with Crippen LogP contribution in [0.5, 0.6) is 0 Å². The largest absolute Gasteiger partial charge is 0.453 e. The third-order valence-electron chi connectivity index (χ3n) is 5.21. The Labute approximate surface area is 170 Å². The minimum atomic E-state index is -3.73. The summed E-state index contributed by atoms with van der Waals surface area (Å²) in [5, 5.41) is 5.38. The first kappa shape index (κ1) is 21.5. The zero-order valence-corrected chi connectivity index (χ0v) is 17.2. The number of nitrogens with zero attached hydrogens (tertiary/aromatic N) is 1. The molecule has 1 aromatic carbocycles. The number of sulfonamides is 1. The van der Waals surface area contributed by atoms with Gasteiger partial charge in [-0.3, -0.25) is 10.1 Å². The molecule has 29 heavy (non-hydrogen) atoms. The Morgan fingerprint density at radius 2 is 1.97 bits per heavy atom. The molecule has 2 N–H and O–H groups in total. The number of piperidine rings is 1. The Kier molecular flexibility index (Phi) is 7.09. The average molecular weight is 426 g/mol. The normalized spacial score (nSPS) is 22.8. The lowest BCUT2D eigenvalue weighted by atomic mass is 9.99. The van der Waals surface area contributed by atoms with Gasteiger partial charge in [-0.25, -0.2) is 13.2 Å². The molecule has 0 bridgehead atoms. The lowest BCUT2D eigenvalue weighted by Gasteiger charge is -2.31. The van der Waals surface area contributed by atoms with E-state index >= 15 is 0 Å². The van der Waals surface area contributed by atoms with E-state index in [9.17, 15) is 18.0 Å². The summed E-state index contributed by atoms with van der Waals surface area (Å²) < 4.78 is 37.3. The van der Waals surface area contributed by atoms with E-state index in [0.29, 0.717) is 31.6 Å². The number of ether oxygens (including phenoxy) is 2. The van der Waals surface area contributed by atoms with E-state index in [-0.39, 0.29) is 29.4 Å². The van der Waals surface area contributed by atoms with Crippen LogP contribution in [-0.2, 0) is 24.3 Å². The van der Waals surface area contributed by atoms with Crippen LogP contribution < -0.4 is 10.6 Å². The van der Waals surface area contributed by atoms with Crippen LogP contribution in [0.25, 0.3) is 0 Å².